The van der Waals surface area contributed by atoms with Crippen molar-refractivity contribution in [2.24, 2.45) is 0 Å². The third-order valence-electron chi connectivity index (χ3n) is 10.1. The Hall–Kier alpha value is -5.48. The largest absolute Gasteiger partial charge is 0.381 e. The maximum atomic E-state index is 6.77. The Morgan fingerprint density at radius 2 is 1.29 bits per heavy atom. The molecule has 1 spiro atoms. The lowest BCUT2D eigenvalue weighted by Gasteiger charge is -2.32. The second-order valence-electron chi connectivity index (χ2n) is 11.7. The van der Waals surface area contributed by atoms with Crippen molar-refractivity contribution in [2.75, 3.05) is 0 Å². The summed E-state index contributed by atoms with van der Waals surface area (Å²) in [6.07, 6.45) is 0. The molecule has 0 fully saturated rings. The molecular weight excluding hydrogens is 502 g/mol. The average molecular weight is 522 g/mol. The van der Waals surface area contributed by atoms with E-state index in [1.165, 1.54) is 82.2 Å². The van der Waals surface area contributed by atoms with E-state index < -0.39 is 5.66 Å². The van der Waals surface area contributed by atoms with E-state index in [4.69, 9.17) is 4.74 Å². The van der Waals surface area contributed by atoms with Gasteiger partial charge in [0, 0.05) is 33.7 Å². The van der Waals surface area contributed by atoms with Gasteiger partial charge in [-0.2, -0.15) is 4.40 Å². The predicted molar refractivity (Wildman–Crippen MR) is 160 cm³/mol. The molecule has 186 valence electrons. The number of ether oxygens (including phenoxy) is 1. The fraction of sp³-hybridized carbons (Fsp3) is 0.0270. The standard InChI is InChI=1S/C37H19N3O/c1-2-8-21-20(7-1)19-27-25-17-18-32-40-36(25)38-34-23(24-16-15-22(21)33(27)35(24)38)10-5-12-29(34)37(40)28-11-4-3-9-26(28)30-13-6-14-31(41-32)39(30)37/h1-19H/q+2. The Balaban J connectivity index is 1.48. The van der Waals surface area contributed by atoms with Crippen LogP contribution >= 0.6 is 0 Å². The zero-order valence-electron chi connectivity index (χ0n) is 21.7. The van der Waals surface area contributed by atoms with E-state index in [9.17, 15) is 0 Å². The van der Waals surface area contributed by atoms with Gasteiger partial charge in [0.25, 0.3) is 0 Å². The molecule has 41 heavy (non-hydrogen) atoms. The van der Waals surface area contributed by atoms with Gasteiger partial charge in [0.15, 0.2) is 5.52 Å². The van der Waals surface area contributed by atoms with Crippen molar-refractivity contribution >= 4 is 59.8 Å². The van der Waals surface area contributed by atoms with E-state index in [2.05, 4.69) is 129 Å². The SMILES string of the molecule is c1ccc2c(c1)-c1cccc3[n+]1C21c2cccc4c5ccc6c7ccccc7cc7c8ccc([n+]1c8n(c24)c5c67)O3. The molecule has 0 aliphatic carbocycles. The van der Waals surface area contributed by atoms with Crippen molar-refractivity contribution in [1.29, 1.82) is 0 Å². The summed E-state index contributed by atoms with van der Waals surface area (Å²) in [5.74, 6) is 1.73. The number of fused-ring (bicyclic) bond motifs is 6. The second kappa shape index (κ2) is 5.98. The lowest BCUT2D eigenvalue weighted by molar-refractivity contribution is -0.968. The molecule has 0 amide bonds. The van der Waals surface area contributed by atoms with Crippen LogP contribution in [-0.4, -0.2) is 4.40 Å². The number of hydrogen-bond donors (Lipinski definition) is 0. The first-order chi connectivity index (χ1) is 20.4. The Kier molecular flexibility index (Phi) is 2.85. The normalized spacial score (nSPS) is 17.6. The summed E-state index contributed by atoms with van der Waals surface area (Å²) in [6.45, 7) is 0. The minimum absolute atomic E-state index is 0.598. The topological polar surface area (TPSA) is 21.4 Å². The molecule has 1 unspecified atom stereocenters. The van der Waals surface area contributed by atoms with Crippen LogP contribution < -0.4 is 13.9 Å². The van der Waals surface area contributed by atoms with E-state index >= 15 is 0 Å². The fourth-order valence-electron chi connectivity index (χ4n) is 8.76. The van der Waals surface area contributed by atoms with E-state index in [0.29, 0.717) is 0 Å². The van der Waals surface area contributed by atoms with Gasteiger partial charge in [0.2, 0.25) is 5.69 Å². The third-order valence-corrected chi connectivity index (χ3v) is 10.1. The van der Waals surface area contributed by atoms with Gasteiger partial charge in [0.05, 0.1) is 22.6 Å². The van der Waals surface area contributed by atoms with Gasteiger partial charge in [-0.25, -0.2) is 0 Å². The van der Waals surface area contributed by atoms with Crippen molar-refractivity contribution in [3.05, 3.63) is 126 Å². The molecule has 0 bridgehead atoms. The lowest BCUT2D eigenvalue weighted by Crippen LogP contribution is -2.76. The van der Waals surface area contributed by atoms with Crippen LogP contribution in [0.2, 0.25) is 0 Å². The van der Waals surface area contributed by atoms with Crippen LogP contribution in [0.4, 0.5) is 0 Å². The van der Waals surface area contributed by atoms with Gasteiger partial charge in [-0.05, 0) is 64.7 Å². The molecule has 0 saturated carbocycles. The first-order valence-electron chi connectivity index (χ1n) is 14.2. The highest BCUT2D eigenvalue weighted by atomic mass is 16.5. The Labute approximate surface area is 232 Å². The molecule has 4 aromatic heterocycles. The summed E-state index contributed by atoms with van der Waals surface area (Å²) < 4.78 is 14.2. The Bertz CT molecular complexity index is 2740. The number of para-hydroxylation sites is 1. The molecule has 3 aliphatic rings. The summed E-state index contributed by atoms with van der Waals surface area (Å²) in [4.78, 5) is 0. The molecular formula is C37H19N3O+2. The quantitative estimate of drug-likeness (QED) is 0.116. The van der Waals surface area contributed by atoms with Gasteiger partial charge >= 0.3 is 23.1 Å². The van der Waals surface area contributed by atoms with E-state index in [1.807, 2.05) is 0 Å². The summed E-state index contributed by atoms with van der Waals surface area (Å²) in [6, 6.07) is 42.6. The molecule has 3 aliphatic heterocycles. The number of aromatic nitrogens is 3. The highest BCUT2D eigenvalue weighted by Gasteiger charge is 2.67. The number of rotatable bonds is 0. The molecule has 4 heteroatoms. The molecule has 4 nitrogen and oxygen atoms in total. The minimum atomic E-state index is -0.598. The van der Waals surface area contributed by atoms with Crippen LogP contribution in [-0.2, 0) is 5.66 Å². The highest BCUT2D eigenvalue weighted by Crippen LogP contribution is 2.52. The molecule has 9 aromatic rings. The number of pyridine rings is 3. The van der Waals surface area contributed by atoms with Crippen LogP contribution in [0.1, 0.15) is 11.1 Å². The van der Waals surface area contributed by atoms with E-state index in [0.717, 1.165) is 11.8 Å². The highest BCUT2D eigenvalue weighted by molar-refractivity contribution is 6.32. The first kappa shape index (κ1) is 19.6. The van der Waals surface area contributed by atoms with E-state index in [1.54, 1.807) is 0 Å². The summed E-state index contributed by atoms with van der Waals surface area (Å²) in [7, 11) is 0. The summed E-state index contributed by atoms with van der Waals surface area (Å²) in [5, 5.41) is 10.3. The van der Waals surface area contributed by atoms with Crippen LogP contribution in [0, 0.1) is 0 Å². The maximum absolute atomic E-state index is 6.77. The number of hydrogen-bond acceptors (Lipinski definition) is 1. The average Bonchev–Trinajstić information content (AvgIpc) is 3.53. The zero-order chi connectivity index (χ0) is 26.2. The number of nitrogens with zero attached hydrogens (tertiary/aromatic N) is 3. The Morgan fingerprint density at radius 1 is 0.537 bits per heavy atom. The van der Waals surface area contributed by atoms with Crippen molar-refractivity contribution in [3.8, 4) is 23.0 Å². The van der Waals surface area contributed by atoms with Crippen LogP contribution in [0.3, 0.4) is 0 Å². The zero-order valence-corrected chi connectivity index (χ0v) is 21.7. The molecule has 5 aromatic carbocycles. The molecule has 0 N–H and O–H groups in total. The van der Waals surface area contributed by atoms with Crippen LogP contribution in [0.5, 0.6) is 11.8 Å². The summed E-state index contributed by atoms with van der Waals surface area (Å²) in [5.41, 5.74) is 8.17. The molecule has 12 rings (SSSR count). The Morgan fingerprint density at radius 3 is 2.29 bits per heavy atom. The van der Waals surface area contributed by atoms with Gasteiger partial charge in [-0.1, -0.05) is 48.5 Å². The second-order valence-corrected chi connectivity index (χ2v) is 11.7. The maximum Gasteiger partial charge on any atom is 0.381 e. The lowest BCUT2D eigenvalue weighted by atomic mass is 9.87. The minimum Gasteiger partial charge on any atom is -0.367 e. The van der Waals surface area contributed by atoms with Crippen molar-refractivity contribution in [1.82, 2.24) is 4.40 Å². The van der Waals surface area contributed by atoms with E-state index in [-0.39, 0.29) is 0 Å². The summed E-state index contributed by atoms with van der Waals surface area (Å²) >= 11 is 0. The number of benzene rings is 5. The monoisotopic (exact) mass is 521 g/mol. The first-order valence-corrected chi connectivity index (χ1v) is 14.2. The smallest absolute Gasteiger partial charge is 0.367 e. The van der Waals surface area contributed by atoms with Gasteiger partial charge in [0.1, 0.15) is 11.1 Å². The predicted octanol–water partition coefficient (Wildman–Crippen LogP) is 7.42. The fourth-order valence-corrected chi connectivity index (χ4v) is 8.76. The van der Waals surface area contributed by atoms with Crippen LogP contribution in [0.15, 0.2) is 115 Å². The van der Waals surface area contributed by atoms with Crippen molar-refractivity contribution < 1.29 is 13.9 Å². The molecule has 0 saturated heterocycles. The third kappa shape index (κ3) is 1.80. The van der Waals surface area contributed by atoms with Crippen molar-refractivity contribution in [2.45, 2.75) is 5.66 Å². The molecule has 1 atom stereocenters. The van der Waals surface area contributed by atoms with Crippen LogP contribution in [0.25, 0.3) is 71.0 Å². The molecule has 7 heterocycles. The molecule has 0 radical (unpaired) electrons. The van der Waals surface area contributed by atoms with Crippen molar-refractivity contribution in [3.63, 3.8) is 0 Å². The van der Waals surface area contributed by atoms with Gasteiger partial charge in [-0.3, -0.25) is 0 Å². The van der Waals surface area contributed by atoms with Gasteiger partial charge in [-0.15, -0.1) is 9.13 Å². The van der Waals surface area contributed by atoms with Gasteiger partial charge < -0.3 is 4.74 Å².